The molecular formula is C62H45BN2S. The zero-order chi connectivity index (χ0) is 44.0. The van der Waals surface area contributed by atoms with Crippen LogP contribution in [0.4, 0.5) is 28.4 Å². The summed E-state index contributed by atoms with van der Waals surface area (Å²) in [5.41, 5.74) is 26.0. The molecule has 10 aromatic rings. The minimum Gasteiger partial charge on any atom is -0.376 e. The van der Waals surface area contributed by atoms with Crippen molar-refractivity contribution in [1.29, 1.82) is 0 Å². The van der Waals surface area contributed by atoms with Crippen LogP contribution in [0, 0.1) is 0 Å². The van der Waals surface area contributed by atoms with Gasteiger partial charge in [-0.25, -0.2) is 0 Å². The van der Waals surface area contributed by atoms with Crippen LogP contribution in [0.3, 0.4) is 0 Å². The van der Waals surface area contributed by atoms with Gasteiger partial charge in [0.1, 0.15) is 0 Å². The Morgan fingerprint density at radius 1 is 0.500 bits per heavy atom. The molecule has 4 heterocycles. The van der Waals surface area contributed by atoms with Crippen molar-refractivity contribution in [1.82, 2.24) is 0 Å². The molecule has 4 heteroatoms. The van der Waals surface area contributed by atoms with Gasteiger partial charge in [0.25, 0.3) is 0 Å². The lowest BCUT2D eigenvalue weighted by molar-refractivity contribution is 0.590. The van der Waals surface area contributed by atoms with E-state index >= 15 is 0 Å². The second-order valence-corrected chi connectivity index (χ2v) is 21.8. The molecule has 0 radical (unpaired) electrons. The fourth-order valence-electron chi connectivity index (χ4n) is 13.5. The standard InChI is InChI=1S/C62H45BN2S/c1-60(2,3)36-29-31-37(32-30-36)65-50-33-34-53-54(41-20-9-15-28-52(41)66-53)55(50)56-57-42(40-19-6-10-21-43(40)61(57,4)5)35-51-58(56)63(65)48-26-16-25-47-59(48)64(51)49-27-14-13-24-46(49)62(47)44-22-11-7-17-38(44)39-18-8-12-23-45(39)62/h6-35H,1-5H3. The Morgan fingerprint density at radius 2 is 1.12 bits per heavy atom. The highest BCUT2D eigenvalue weighted by Crippen LogP contribution is 2.66. The van der Waals surface area contributed by atoms with E-state index in [0.717, 1.165) is 0 Å². The lowest BCUT2D eigenvalue weighted by atomic mass is 9.41. The van der Waals surface area contributed by atoms with Crippen molar-refractivity contribution in [3.63, 3.8) is 0 Å². The van der Waals surface area contributed by atoms with Crippen LogP contribution in [0.1, 0.15) is 73.6 Å². The van der Waals surface area contributed by atoms with E-state index in [1.54, 1.807) is 0 Å². The van der Waals surface area contributed by atoms with Crippen LogP contribution < -0.4 is 20.6 Å². The van der Waals surface area contributed by atoms with Gasteiger partial charge in [-0.05, 0) is 126 Å². The van der Waals surface area contributed by atoms with Crippen LogP contribution in [0.5, 0.6) is 0 Å². The molecule has 1 aromatic heterocycles. The molecule has 0 fully saturated rings. The zero-order valence-corrected chi connectivity index (χ0v) is 38.5. The number of nitrogens with zero attached hydrogens (tertiary/aromatic N) is 2. The van der Waals surface area contributed by atoms with Gasteiger partial charge in [0.05, 0.1) is 11.1 Å². The van der Waals surface area contributed by atoms with Crippen LogP contribution in [-0.4, -0.2) is 6.85 Å². The first kappa shape index (κ1) is 37.1. The van der Waals surface area contributed by atoms with Gasteiger partial charge in [-0.1, -0.05) is 174 Å². The van der Waals surface area contributed by atoms with Crippen molar-refractivity contribution in [2.45, 2.75) is 50.9 Å². The maximum atomic E-state index is 2.73. The fraction of sp³-hybridized carbons (Fsp3) is 0.129. The smallest absolute Gasteiger partial charge is 0.333 e. The maximum Gasteiger partial charge on any atom is 0.333 e. The topological polar surface area (TPSA) is 6.48 Å². The van der Waals surface area contributed by atoms with Gasteiger partial charge in [-0.3, -0.25) is 0 Å². The van der Waals surface area contributed by atoms with Crippen molar-refractivity contribution in [3.8, 4) is 33.4 Å². The number of para-hydroxylation sites is 2. The van der Waals surface area contributed by atoms with Gasteiger partial charge in [0, 0.05) is 53.9 Å². The third kappa shape index (κ3) is 4.31. The van der Waals surface area contributed by atoms with Crippen molar-refractivity contribution in [3.05, 3.63) is 221 Å². The molecule has 66 heavy (non-hydrogen) atoms. The second-order valence-electron chi connectivity index (χ2n) is 20.7. The molecule has 3 aliphatic heterocycles. The predicted octanol–water partition coefficient (Wildman–Crippen LogP) is 15.0. The molecule has 0 N–H and O–H groups in total. The number of benzene rings is 9. The van der Waals surface area contributed by atoms with E-state index in [2.05, 4.69) is 226 Å². The average molecular weight is 861 g/mol. The van der Waals surface area contributed by atoms with Crippen LogP contribution >= 0.6 is 11.3 Å². The molecule has 0 amide bonds. The summed E-state index contributed by atoms with van der Waals surface area (Å²) in [6.45, 7) is 11.8. The van der Waals surface area contributed by atoms with E-state index < -0.39 is 5.41 Å². The molecule has 2 aliphatic carbocycles. The van der Waals surface area contributed by atoms with E-state index in [1.807, 2.05) is 11.3 Å². The number of hydrogen-bond acceptors (Lipinski definition) is 3. The molecule has 15 rings (SSSR count). The van der Waals surface area contributed by atoms with E-state index in [-0.39, 0.29) is 17.7 Å². The molecule has 0 unspecified atom stereocenters. The Kier molecular flexibility index (Phi) is 6.97. The third-order valence-corrected chi connectivity index (χ3v) is 17.3. The number of thiophene rings is 1. The number of fused-ring (bicyclic) bond motifs is 21. The van der Waals surface area contributed by atoms with Gasteiger partial charge in [-0.15, -0.1) is 11.3 Å². The Bertz CT molecular complexity index is 3760. The van der Waals surface area contributed by atoms with Crippen LogP contribution in [0.2, 0.25) is 0 Å². The first-order chi connectivity index (χ1) is 32.2. The summed E-state index contributed by atoms with van der Waals surface area (Å²) in [6, 6.07) is 70.4. The van der Waals surface area contributed by atoms with Crippen LogP contribution in [0.25, 0.3) is 53.6 Å². The molecular weight excluding hydrogens is 816 g/mol. The summed E-state index contributed by atoms with van der Waals surface area (Å²) in [7, 11) is 0. The summed E-state index contributed by atoms with van der Waals surface area (Å²) >= 11 is 1.92. The summed E-state index contributed by atoms with van der Waals surface area (Å²) in [5, 5.41) is 2.69. The summed E-state index contributed by atoms with van der Waals surface area (Å²) in [4.78, 5) is 5.44. The van der Waals surface area contributed by atoms with Crippen molar-refractivity contribution < 1.29 is 0 Å². The molecule has 0 saturated heterocycles. The highest BCUT2D eigenvalue weighted by molar-refractivity contribution is 7.26. The van der Waals surface area contributed by atoms with Crippen LogP contribution in [-0.2, 0) is 16.2 Å². The molecule has 0 atom stereocenters. The van der Waals surface area contributed by atoms with Gasteiger partial charge in [0.15, 0.2) is 0 Å². The van der Waals surface area contributed by atoms with Crippen molar-refractivity contribution >= 4 is 77.7 Å². The number of anilines is 5. The van der Waals surface area contributed by atoms with Gasteiger partial charge < -0.3 is 9.71 Å². The molecule has 312 valence electrons. The average Bonchev–Trinajstić information content (AvgIpc) is 3.95. The molecule has 0 bridgehead atoms. The molecule has 9 aromatic carbocycles. The fourth-order valence-corrected chi connectivity index (χ4v) is 14.7. The van der Waals surface area contributed by atoms with Crippen molar-refractivity contribution in [2.24, 2.45) is 0 Å². The Hall–Kier alpha value is -7.14. The summed E-state index contributed by atoms with van der Waals surface area (Å²) in [6.07, 6.45) is 0. The summed E-state index contributed by atoms with van der Waals surface area (Å²) < 4.78 is 2.66. The molecule has 5 aliphatic rings. The van der Waals surface area contributed by atoms with Gasteiger partial charge in [0.2, 0.25) is 0 Å². The second kappa shape index (κ2) is 12.4. The lowest BCUT2D eigenvalue weighted by Gasteiger charge is -2.52. The van der Waals surface area contributed by atoms with Crippen molar-refractivity contribution in [2.75, 3.05) is 9.71 Å². The van der Waals surface area contributed by atoms with Gasteiger partial charge in [-0.2, -0.15) is 0 Å². The van der Waals surface area contributed by atoms with E-state index in [0.29, 0.717) is 0 Å². The highest BCUT2D eigenvalue weighted by Gasteiger charge is 2.57. The number of rotatable bonds is 1. The lowest BCUT2D eigenvalue weighted by Crippen LogP contribution is -2.63. The largest absolute Gasteiger partial charge is 0.376 e. The maximum absolute atomic E-state index is 2.73. The first-order valence-electron chi connectivity index (χ1n) is 23.6. The SMILES string of the molecule is CC(C)(C)c1ccc(N2B3c4cccc5c4N(c4ccccc4C54c5ccccc5-c5ccccc54)c4cc5c(c(c43)-c3c2ccc2sc4ccccc4c32)C(C)(C)c2ccccc2-5)cc1. The molecule has 2 nitrogen and oxygen atoms in total. The monoisotopic (exact) mass is 860 g/mol. The Morgan fingerprint density at radius 3 is 1.85 bits per heavy atom. The minimum atomic E-state index is -0.509. The quantitative estimate of drug-likeness (QED) is 0.152. The minimum absolute atomic E-state index is 0.0282. The third-order valence-electron chi connectivity index (χ3n) is 16.2. The Balaban J connectivity index is 1.15. The molecule has 0 saturated carbocycles. The summed E-state index contributed by atoms with van der Waals surface area (Å²) in [5.74, 6) is 0. The van der Waals surface area contributed by atoms with Gasteiger partial charge >= 0.3 is 6.85 Å². The highest BCUT2D eigenvalue weighted by atomic mass is 32.1. The predicted molar refractivity (Wildman–Crippen MR) is 280 cm³/mol. The van der Waals surface area contributed by atoms with E-state index in [4.69, 9.17) is 0 Å². The van der Waals surface area contributed by atoms with Crippen LogP contribution in [0.15, 0.2) is 182 Å². The Labute approximate surface area is 390 Å². The number of hydrogen-bond donors (Lipinski definition) is 0. The zero-order valence-electron chi connectivity index (χ0n) is 37.7. The normalized spacial score (nSPS) is 15.8. The van der Waals surface area contributed by atoms with E-state index in [9.17, 15) is 0 Å². The first-order valence-corrected chi connectivity index (χ1v) is 24.4. The molecule has 1 spiro atoms. The van der Waals surface area contributed by atoms with E-state index in [1.165, 1.54) is 132 Å².